The fourth-order valence-corrected chi connectivity index (χ4v) is 1.19. The minimum atomic E-state index is -0.130. The average molecular weight is 184 g/mol. The summed E-state index contributed by atoms with van der Waals surface area (Å²) >= 11 is 1.61. The zero-order valence-electron chi connectivity index (χ0n) is 6.69. The number of thiophene rings is 1. The second-order valence-corrected chi connectivity index (χ2v) is 3.51. The molecule has 0 unspecified atom stereocenters. The molecule has 4 N–H and O–H groups in total. The van der Waals surface area contributed by atoms with Crippen molar-refractivity contribution in [1.29, 1.82) is 0 Å². The molecule has 0 atom stereocenters. The van der Waals surface area contributed by atoms with E-state index in [9.17, 15) is 4.79 Å². The smallest absolute Gasteiger partial charge is 0.220 e. The highest BCUT2D eigenvalue weighted by atomic mass is 32.1. The van der Waals surface area contributed by atoms with E-state index < -0.39 is 0 Å². The first-order valence-electron chi connectivity index (χ1n) is 3.77. The van der Waals surface area contributed by atoms with E-state index >= 15 is 0 Å². The molecule has 1 aromatic heterocycles. The first-order chi connectivity index (χ1) is 5.70. The van der Waals surface area contributed by atoms with Crippen LogP contribution in [0.1, 0.15) is 12.8 Å². The van der Waals surface area contributed by atoms with Gasteiger partial charge in [0.2, 0.25) is 5.91 Å². The van der Waals surface area contributed by atoms with E-state index in [1.54, 1.807) is 11.3 Å². The second kappa shape index (κ2) is 4.11. The number of primary amides is 1. The summed E-state index contributed by atoms with van der Waals surface area (Å²) in [5.41, 5.74) is 11.0. The third kappa shape index (κ3) is 3.39. The molecule has 0 bridgehead atoms. The van der Waals surface area contributed by atoms with Gasteiger partial charge in [0.1, 0.15) is 0 Å². The van der Waals surface area contributed by atoms with Crippen molar-refractivity contribution in [2.24, 2.45) is 11.7 Å². The van der Waals surface area contributed by atoms with Crippen molar-refractivity contribution in [1.82, 2.24) is 0 Å². The van der Waals surface area contributed by atoms with Gasteiger partial charge in [-0.15, -0.1) is 0 Å². The largest absolute Gasteiger partial charge is 0.398 e. The van der Waals surface area contributed by atoms with Crippen molar-refractivity contribution in [3.05, 3.63) is 16.8 Å². The van der Waals surface area contributed by atoms with Crippen LogP contribution in [0.25, 0.3) is 0 Å². The lowest BCUT2D eigenvalue weighted by Gasteiger charge is -1.77. The number of nitrogens with two attached hydrogens (primary N) is 2. The van der Waals surface area contributed by atoms with Gasteiger partial charge >= 0.3 is 0 Å². The molecule has 0 spiro atoms. The van der Waals surface area contributed by atoms with E-state index in [1.165, 1.54) is 0 Å². The minimum absolute atomic E-state index is 0.130. The summed E-state index contributed by atoms with van der Waals surface area (Å²) < 4.78 is 0. The highest BCUT2D eigenvalue weighted by Crippen LogP contribution is 2.27. The number of hydrogen-bond donors (Lipinski definition) is 2. The summed E-state index contributed by atoms with van der Waals surface area (Å²) in [5, 5.41) is 3.86. The molecule has 12 heavy (non-hydrogen) atoms. The standard InChI is InChI=1S/C4H7NO.C4H5NS/c5-4(6)3-1-2-3;5-4-1-2-6-3-4/h3H,1-2H2,(H2,5,6);1-3H,5H2. The summed E-state index contributed by atoms with van der Waals surface area (Å²) in [5.74, 6) is 0.111. The van der Waals surface area contributed by atoms with Gasteiger partial charge in [0.05, 0.1) is 0 Å². The molecular formula is C8H12N2OS. The monoisotopic (exact) mass is 184 g/mol. The molecule has 1 aliphatic carbocycles. The molecule has 1 fully saturated rings. The fraction of sp³-hybridized carbons (Fsp3) is 0.375. The van der Waals surface area contributed by atoms with E-state index in [0.717, 1.165) is 18.5 Å². The second-order valence-electron chi connectivity index (χ2n) is 2.73. The van der Waals surface area contributed by atoms with Gasteiger partial charge in [-0.1, -0.05) is 0 Å². The van der Waals surface area contributed by atoms with Crippen LogP contribution in [0, 0.1) is 5.92 Å². The van der Waals surface area contributed by atoms with Crippen LogP contribution in [-0.2, 0) is 4.79 Å². The maximum absolute atomic E-state index is 9.98. The van der Waals surface area contributed by atoms with Gasteiger partial charge in [-0.25, -0.2) is 0 Å². The molecule has 1 saturated carbocycles. The van der Waals surface area contributed by atoms with Crippen LogP contribution in [0.4, 0.5) is 5.69 Å². The predicted molar refractivity (Wildman–Crippen MR) is 50.6 cm³/mol. The van der Waals surface area contributed by atoms with Crippen LogP contribution in [0.2, 0.25) is 0 Å². The van der Waals surface area contributed by atoms with Crippen LogP contribution in [0.15, 0.2) is 16.8 Å². The Morgan fingerprint density at radius 1 is 1.58 bits per heavy atom. The van der Waals surface area contributed by atoms with Crippen molar-refractivity contribution in [3.63, 3.8) is 0 Å². The number of rotatable bonds is 1. The zero-order chi connectivity index (χ0) is 8.97. The Kier molecular flexibility index (Phi) is 3.10. The van der Waals surface area contributed by atoms with Crippen molar-refractivity contribution in [2.45, 2.75) is 12.8 Å². The lowest BCUT2D eigenvalue weighted by atomic mass is 10.4. The molecule has 0 aromatic carbocycles. The zero-order valence-corrected chi connectivity index (χ0v) is 7.51. The van der Waals surface area contributed by atoms with Gasteiger partial charge in [0.25, 0.3) is 0 Å². The SMILES string of the molecule is NC(=O)C1CC1.Nc1ccsc1. The summed E-state index contributed by atoms with van der Waals surface area (Å²) in [7, 11) is 0. The maximum Gasteiger partial charge on any atom is 0.220 e. The summed E-state index contributed by atoms with van der Waals surface area (Å²) in [4.78, 5) is 9.98. The van der Waals surface area contributed by atoms with Gasteiger partial charge in [-0.3, -0.25) is 4.79 Å². The van der Waals surface area contributed by atoms with Crippen LogP contribution in [0.5, 0.6) is 0 Å². The normalized spacial score (nSPS) is 14.7. The Labute approximate surface area is 75.4 Å². The molecule has 0 radical (unpaired) electrons. The van der Waals surface area contributed by atoms with Crippen LogP contribution >= 0.6 is 11.3 Å². The topological polar surface area (TPSA) is 69.1 Å². The molecule has 4 heteroatoms. The third-order valence-corrected chi connectivity index (χ3v) is 2.22. The lowest BCUT2D eigenvalue weighted by molar-refractivity contribution is -0.119. The lowest BCUT2D eigenvalue weighted by Crippen LogP contribution is -2.11. The number of carbonyl (C=O) groups excluding carboxylic acids is 1. The van der Waals surface area contributed by atoms with E-state index in [0.29, 0.717) is 0 Å². The van der Waals surface area contributed by atoms with Crippen LogP contribution < -0.4 is 11.5 Å². The molecular weight excluding hydrogens is 172 g/mol. The van der Waals surface area contributed by atoms with Gasteiger partial charge in [-0.05, 0) is 24.3 Å². The predicted octanol–water partition coefficient (Wildman–Crippen LogP) is 1.21. The van der Waals surface area contributed by atoms with Gasteiger partial charge in [0, 0.05) is 17.0 Å². The Morgan fingerprint density at radius 3 is 2.33 bits per heavy atom. The van der Waals surface area contributed by atoms with Crippen molar-refractivity contribution in [3.8, 4) is 0 Å². The fourth-order valence-electron chi connectivity index (χ4n) is 0.643. The highest BCUT2D eigenvalue weighted by molar-refractivity contribution is 7.08. The van der Waals surface area contributed by atoms with E-state index in [4.69, 9.17) is 11.5 Å². The first-order valence-corrected chi connectivity index (χ1v) is 4.71. The Bertz CT molecular complexity index is 242. The molecule has 0 aliphatic heterocycles. The molecule has 1 amide bonds. The average Bonchev–Trinajstić information content (AvgIpc) is 2.77. The molecule has 1 heterocycles. The summed E-state index contributed by atoms with van der Waals surface area (Å²) in [6.07, 6.45) is 2.05. The number of hydrogen-bond acceptors (Lipinski definition) is 3. The Morgan fingerprint density at radius 2 is 2.25 bits per heavy atom. The minimum Gasteiger partial charge on any atom is -0.398 e. The number of carbonyl (C=O) groups is 1. The van der Waals surface area contributed by atoms with Crippen molar-refractivity contribution in [2.75, 3.05) is 5.73 Å². The molecule has 1 aromatic rings. The van der Waals surface area contributed by atoms with Crippen LogP contribution in [0.3, 0.4) is 0 Å². The Balaban J connectivity index is 0.000000120. The summed E-state index contributed by atoms with van der Waals surface area (Å²) in [6.45, 7) is 0. The van der Waals surface area contributed by atoms with Crippen molar-refractivity contribution < 1.29 is 4.79 Å². The first kappa shape index (κ1) is 9.06. The van der Waals surface area contributed by atoms with Gasteiger partial charge in [-0.2, -0.15) is 11.3 Å². The maximum atomic E-state index is 9.98. The van der Waals surface area contributed by atoms with Gasteiger partial charge < -0.3 is 11.5 Å². The molecule has 66 valence electrons. The van der Waals surface area contributed by atoms with Crippen LogP contribution in [-0.4, -0.2) is 5.91 Å². The van der Waals surface area contributed by atoms with E-state index in [1.807, 2.05) is 16.8 Å². The van der Waals surface area contributed by atoms with Gasteiger partial charge in [0.15, 0.2) is 0 Å². The highest BCUT2D eigenvalue weighted by Gasteiger charge is 2.26. The number of nitrogen functional groups attached to an aromatic ring is 1. The molecule has 3 nitrogen and oxygen atoms in total. The third-order valence-electron chi connectivity index (χ3n) is 1.52. The summed E-state index contributed by atoms with van der Waals surface area (Å²) in [6, 6.07) is 1.88. The quantitative estimate of drug-likeness (QED) is 0.688. The van der Waals surface area contributed by atoms with E-state index in [-0.39, 0.29) is 11.8 Å². The molecule has 0 saturated heterocycles. The molecule has 1 aliphatic rings. The number of anilines is 1. The van der Waals surface area contributed by atoms with E-state index in [2.05, 4.69) is 0 Å². The van der Waals surface area contributed by atoms with Crippen molar-refractivity contribution >= 4 is 22.9 Å². The number of amides is 1. The molecule has 2 rings (SSSR count). The Hall–Kier alpha value is -1.03.